The van der Waals surface area contributed by atoms with Crippen molar-refractivity contribution in [1.29, 1.82) is 0 Å². The number of nitrogens with two attached hydrogens (primary N) is 1. The Morgan fingerprint density at radius 2 is 2.29 bits per heavy atom. The molecule has 4 heteroatoms. The summed E-state index contributed by atoms with van der Waals surface area (Å²) >= 11 is 0. The third-order valence-corrected chi connectivity index (χ3v) is 2.37. The molecular formula is C10H20N4. The zero-order chi connectivity index (χ0) is 10.6. The van der Waals surface area contributed by atoms with Crippen LogP contribution in [0.2, 0.25) is 0 Å². The first-order valence-corrected chi connectivity index (χ1v) is 5.07. The smallest absolute Gasteiger partial charge is 0.0726 e. The van der Waals surface area contributed by atoms with Crippen molar-refractivity contribution >= 4 is 5.69 Å². The highest BCUT2D eigenvalue weighted by Crippen LogP contribution is 2.06. The zero-order valence-electron chi connectivity index (χ0n) is 9.20. The van der Waals surface area contributed by atoms with Crippen molar-refractivity contribution < 1.29 is 0 Å². The van der Waals surface area contributed by atoms with Gasteiger partial charge in [-0.2, -0.15) is 5.10 Å². The van der Waals surface area contributed by atoms with Crippen molar-refractivity contribution in [2.45, 2.75) is 26.3 Å². The summed E-state index contributed by atoms with van der Waals surface area (Å²) in [6.45, 7) is 5.20. The van der Waals surface area contributed by atoms with Crippen LogP contribution >= 0.6 is 0 Å². The van der Waals surface area contributed by atoms with Crippen LogP contribution < -0.4 is 11.1 Å². The molecule has 80 valence electrons. The van der Waals surface area contributed by atoms with Crippen LogP contribution in [0.15, 0.2) is 12.4 Å². The van der Waals surface area contributed by atoms with Crippen LogP contribution in [0.3, 0.4) is 0 Å². The molecule has 14 heavy (non-hydrogen) atoms. The number of anilines is 1. The first-order valence-electron chi connectivity index (χ1n) is 5.07. The molecular weight excluding hydrogens is 176 g/mol. The van der Waals surface area contributed by atoms with Gasteiger partial charge in [0, 0.05) is 25.8 Å². The molecule has 0 amide bonds. The first kappa shape index (κ1) is 11.0. The van der Waals surface area contributed by atoms with Crippen LogP contribution in [0, 0.1) is 5.92 Å². The number of aryl methyl sites for hydroxylation is 1. The average Bonchev–Trinajstić information content (AvgIpc) is 2.51. The van der Waals surface area contributed by atoms with Crippen LogP contribution in [0.5, 0.6) is 0 Å². The minimum absolute atomic E-state index is 0.277. The molecule has 0 radical (unpaired) electrons. The second-order valence-corrected chi connectivity index (χ2v) is 4.03. The fourth-order valence-electron chi connectivity index (χ4n) is 1.23. The van der Waals surface area contributed by atoms with Gasteiger partial charge >= 0.3 is 0 Å². The molecule has 0 saturated carbocycles. The van der Waals surface area contributed by atoms with E-state index in [-0.39, 0.29) is 6.04 Å². The molecule has 1 unspecified atom stereocenters. The molecule has 1 atom stereocenters. The molecule has 0 aliphatic carbocycles. The third kappa shape index (κ3) is 3.38. The number of rotatable bonds is 5. The van der Waals surface area contributed by atoms with Crippen molar-refractivity contribution in [3.63, 3.8) is 0 Å². The molecule has 0 bridgehead atoms. The molecule has 0 aromatic carbocycles. The highest BCUT2D eigenvalue weighted by molar-refractivity contribution is 5.37. The van der Waals surface area contributed by atoms with Crippen LogP contribution in [0.1, 0.15) is 20.3 Å². The Morgan fingerprint density at radius 3 is 2.79 bits per heavy atom. The lowest BCUT2D eigenvalue weighted by atomic mass is 10.0. The number of aromatic nitrogens is 2. The molecule has 1 aromatic heterocycles. The third-order valence-electron chi connectivity index (χ3n) is 2.37. The van der Waals surface area contributed by atoms with E-state index in [1.165, 1.54) is 0 Å². The predicted octanol–water partition coefficient (Wildman–Crippen LogP) is 1.21. The standard InChI is InChI=1S/C10H20N4/c1-8(2)10(11)4-5-12-9-6-13-14(3)7-9/h6-8,10,12H,4-5,11H2,1-3H3. The van der Waals surface area contributed by atoms with Crippen LogP contribution in [0.4, 0.5) is 5.69 Å². The number of nitrogens with zero attached hydrogens (tertiary/aromatic N) is 2. The van der Waals surface area contributed by atoms with E-state index in [0.717, 1.165) is 18.7 Å². The topological polar surface area (TPSA) is 55.9 Å². The van der Waals surface area contributed by atoms with E-state index in [4.69, 9.17) is 5.73 Å². The SMILES string of the molecule is CC(C)C(N)CCNc1cnn(C)c1. The fraction of sp³-hybridized carbons (Fsp3) is 0.700. The Hall–Kier alpha value is -1.03. The van der Waals surface area contributed by atoms with Gasteiger partial charge in [-0.05, 0) is 12.3 Å². The minimum atomic E-state index is 0.277. The van der Waals surface area contributed by atoms with E-state index >= 15 is 0 Å². The number of nitrogens with one attached hydrogen (secondary N) is 1. The summed E-state index contributed by atoms with van der Waals surface area (Å²) in [6.07, 6.45) is 4.77. The summed E-state index contributed by atoms with van der Waals surface area (Å²) in [5, 5.41) is 7.36. The lowest BCUT2D eigenvalue weighted by Gasteiger charge is -2.15. The summed E-state index contributed by atoms with van der Waals surface area (Å²) < 4.78 is 1.78. The van der Waals surface area contributed by atoms with Crippen molar-refractivity contribution in [3.8, 4) is 0 Å². The quantitative estimate of drug-likeness (QED) is 0.744. The Kier molecular flexibility index (Phi) is 3.95. The van der Waals surface area contributed by atoms with E-state index in [2.05, 4.69) is 24.3 Å². The van der Waals surface area contributed by atoms with Gasteiger partial charge in [0.25, 0.3) is 0 Å². The molecule has 1 rings (SSSR count). The van der Waals surface area contributed by atoms with Crippen molar-refractivity contribution in [2.75, 3.05) is 11.9 Å². The highest BCUT2D eigenvalue weighted by Gasteiger charge is 2.06. The molecule has 1 heterocycles. The predicted molar refractivity (Wildman–Crippen MR) is 59.1 cm³/mol. The maximum absolute atomic E-state index is 5.93. The molecule has 0 aliphatic heterocycles. The zero-order valence-corrected chi connectivity index (χ0v) is 9.20. The van der Waals surface area contributed by atoms with E-state index in [0.29, 0.717) is 5.92 Å². The summed E-state index contributed by atoms with van der Waals surface area (Å²) in [5.41, 5.74) is 6.98. The monoisotopic (exact) mass is 196 g/mol. The van der Waals surface area contributed by atoms with Gasteiger partial charge in [0.05, 0.1) is 11.9 Å². The largest absolute Gasteiger partial charge is 0.382 e. The normalized spacial score (nSPS) is 13.2. The van der Waals surface area contributed by atoms with E-state index in [9.17, 15) is 0 Å². The highest BCUT2D eigenvalue weighted by atomic mass is 15.3. The van der Waals surface area contributed by atoms with Gasteiger partial charge in [0.2, 0.25) is 0 Å². The number of hydrogen-bond donors (Lipinski definition) is 2. The van der Waals surface area contributed by atoms with Crippen LogP contribution in [-0.2, 0) is 7.05 Å². The lowest BCUT2D eigenvalue weighted by molar-refractivity contribution is 0.474. The first-order chi connectivity index (χ1) is 6.59. The molecule has 0 aliphatic rings. The second kappa shape index (κ2) is 5.00. The van der Waals surface area contributed by atoms with E-state index < -0.39 is 0 Å². The van der Waals surface area contributed by atoms with Gasteiger partial charge in [-0.1, -0.05) is 13.8 Å². The Labute approximate surface area is 85.5 Å². The second-order valence-electron chi connectivity index (χ2n) is 4.03. The molecule has 1 aromatic rings. The maximum Gasteiger partial charge on any atom is 0.0726 e. The van der Waals surface area contributed by atoms with E-state index in [1.807, 2.05) is 19.4 Å². The molecule has 3 N–H and O–H groups in total. The van der Waals surface area contributed by atoms with Crippen molar-refractivity contribution in [3.05, 3.63) is 12.4 Å². The molecule has 0 saturated heterocycles. The van der Waals surface area contributed by atoms with Gasteiger partial charge in [0.1, 0.15) is 0 Å². The van der Waals surface area contributed by atoms with Crippen molar-refractivity contribution in [2.24, 2.45) is 18.7 Å². The maximum atomic E-state index is 5.93. The Bertz CT molecular complexity index is 267. The molecule has 4 nitrogen and oxygen atoms in total. The van der Waals surface area contributed by atoms with E-state index in [1.54, 1.807) is 4.68 Å². The summed E-state index contributed by atoms with van der Waals surface area (Å²) in [7, 11) is 1.91. The van der Waals surface area contributed by atoms with Gasteiger partial charge < -0.3 is 11.1 Å². The van der Waals surface area contributed by atoms with Crippen molar-refractivity contribution in [1.82, 2.24) is 9.78 Å². The van der Waals surface area contributed by atoms with Gasteiger partial charge in [-0.3, -0.25) is 4.68 Å². The minimum Gasteiger partial charge on any atom is -0.382 e. The lowest BCUT2D eigenvalue weighted by Crippen LogP contribution is -2.28. The van der Waals surface area contributed by atoms with Gasteiger partial charge in [-0.25, -0.2) is 0 Å². The fourth-order valence-corrected chi connectivity index (χ4v) is 1.23. The summed E-state index contributed by atoms with van der Waals surface area (Å²) in [5.74, 6) is 0.547. The Morgan fingerprint density at radius 1 is 1.57 bits per heavy atom. The molecule has 0 fully saturated rings. The number of hydrogen-bond acceptors (Lipinski definition) is 3. The summed E-state index contributed by atoms with van der Waals surface area (Å²) in [6, 6.07) is 0.277. The summed E-state index contributed by atoms with van der Waals surface area (Å²) in [4.78, 5) is 0. The van der Waals surface area contributed by atoms with Crippen LogP contribution in [-0.4, -0.2) is 22.4 Å². The average molecular weight is 196 g/mol. The van der Waals surface area contributed by atoms with Gasteiger partial charge in [0.15, 0.2) is 0 Å². The van der Waals surface area contributed by atoms with Crippen LogP contribution in [0.25, 0.3) is 0 Å². The van der Waals surface area contributed by atoms with Gasteiger partial charge in [-0.15, -0.1) is 0 Å². The Balaban J connectivity index is 2.22. The molecule has 0 spiro atoms.